The van der Waals surface area contributed by atoms with Crippen molar-refractivity contribution in [1.82, 2.24) is 16.0 Å². The maximum Gasteiger partial charge on any atom is 0.328 e. The summed E-state index contributed by atoms with van der Waals surface area (Å²) in [4.78, 5) is 48.7. The van der Waals surface area contributed by atoms with Gasteiger partial charge in [-0.2, -0.15) is 0 Å². The standard InChI is InChI=1S/C24H23Cl2N3O6S/c1-13-28-20(12-36-13)22(31)27-11-19(24(33)34)29-23(32)21-17(25)9-14(10-18(21)26)4-5-15(30)6-7-16-3-2-8-35-16/h2-3,6-10,19-20,28H,1,4-5,11-12H2,(H,27,31)(H,29,32)(H,33,34)/b7-6+/t19-,20-/m0/s1. The highest BCUT2D eigenvalue weighted by molar-refractivity contribution is 8.03. The Hall–Kier alpha value is -3.21. The molecule has 4 N–H and O–H groups in total. The van der Waals surface area contributed by atoms with E-state index in [0.29, 0.717) is 28.5 Å². The number of rotatable bonds is 11. The first-order valence-corrected chi connectivity index (χ1v) is 12.5. The number of thioether (sulfide) groups is 1. The number of carboxylic acid groups (broad SMARTS) is 1. The van der Waals surface area contributed by atoms with E-state index >= 15 is 0 Å². The Kier molecular flexibility index (Phi) is 9.63. The van der Waals surface area contributed by atoms with Gasteiger partial charge in [0, 0.05) is 18.7 Å². The summed E-state index contributed by atoms with van der Waals surface area (Å²) in [5.41, 5.74) is 0.528. The first-order chi connectivity index (χ1) is 17.1. The highest BCUT2D eigenvalue weighted by atomic mass is 35.5. The number of aryl methyl sites for hydroxylation is 1. The zero-order valence-electron chi connectivity index (χ0n) is 18.9. The average Bonchev–Trinajstić information content (AvgIpc) is 3.50. The number of aliphatic carboxylic acids is 1. The van der Waals surface area contributed by atoms with Crippen molar-refractivity contribution in [3.63, 3.8) is 0 Å². The smallest absolute Gasteiger partial charge is 0.328 e. The van der Waals surface area contributed by atoms with E-state index < -0.39 is 29.9 Å². The van der Waals surface area contributed by atoms with Gasteiger partial charge >= 0.3 is 5.97 Å². The first-order valence-electron chi connectivity index (χ1n) is 10.8. The summed E-state index contributed by atoms with van der Waals surface area (Å²) < 4.78 is 5.13. The molecule has 0 unspecified atom stereocenters. The summed E-state index contributed by atoms with van der Waals surface area (Å²) in [5.74, 6) is -1.66. The quantitative estimate of drug-likeness (QED) is 0.312. The van der Waals surface area contributed by atoms with Crippen molar-refractivity contribution in [2.75, 3.05) is 12.3 Å². The SMILES string of the molecule is C=C1N[C@H](C(=O)NC[C@H](NC(=O)c2c(Cl)cc(CCC(=O)/C=C/c3ccco3)cc2Cl)C(=O)O)CS1. The highest BCUT2D eigenvalue weighted by Gasteiger charge is 2.28. The molecule has 1 aromatic carbocycles. The minimum atomic E-state index is -1.41. The third-order valence-corrected chi connectivity index (χ3v) is 6.69. The zero-order valence-corrected chi connectivity index (χ0v) is 21.2. The summed E-state index contributed by atoms with van der Waals surface area (Å²) in [7, 11) is 0. The number of halogens is 2. The maximum atomic E-state index is 12.8. The van der Waals surface area contributed by atoms with Gasteiger partial charge in [0.15, 0.2) is 5.78 Å². The van der Waals surface area contributed by atoms with Gasteiger partial charge in [0.25, 0.3) is 5.91 Å². The minimum absolute atomic E-state index is 0.00689. The Morgan fingerprint density at radius 2 is 2.00 bits per heavy atom. The minimum Gasteiger partial charge on any atom is -0.480 e. The summed E-state index contributed by atoms with van der Waals surface area (Å²) in [6.07, 6.45) is 4.99. The van der Waals surface area contributed by atoms with E-state index in [9.17, 15) is 24.3 Å². The lowest BCUT2D eigenvalue weighted by Gasteiger charge is -2.18. The van der Waals surface area contributed by atoms with Crippen LogP contribution >= 0.6 is 35.0 Å². The van der Waals surface area contributed by atoms with Gasteiger partial charge in [0.05, 0.1) is 26.9 Å². The number of furan rings is 1. The van der Waals surface area contributed by atoms with Gasteiger partial charge in [-0.05, 0) is 48.4 Å². The fourth-order valence-electron chi connectivity index (χ4n) is 3.26. The predicted octanol–water partition coefficient (Wildman–Crippen LogP) is 3.28. The van der Waals surface area contributed by atoms with E-state index in [1.54, 1.807) is 18.2 Å². The molecular weight excluding hydrogens is 529 g/mol. The van der Waals surface area contributed by atoms with Crippen LogP contribution in [0, 0.1) is 0 Å². The van der Waals surface area contributed by atoms with Crippen LogP contribution in [0.15, 0.2) is 52.6 Å². The highest BCUT2D eigenvalue weighted by Crippen LogP contribution is 2.27. The molecule has 2 aromatic rings. The van der Waals surface area contributed by atoms with Crippen LogP contribution in [-0.2, 0) is 20.8 Å². The van der Waals surface area contributed by atoms with E-state index in [1.807, 2.05) is 0 Å². The number of benzene rings is 1. The molecule has 1 saturated heterocycles. The van der Waals surface area contributed by atoms with Crippen molar-refractivity contribution in [2.45, 2.75) is 24.9 Å². The van der Waals surface area contributed by atoms with Gasteiger partial charge in [-0.15, -0.1) is 11.8 Å². The molecule has 1 aliphatic heterocycles. The first kappa shape index (κ1) is 27.4. The zero-order chi connectivity index (χ0) is 26.2. The molecule has 2 atom stereocenters. The second kappa shape index (κ2) is 12.7. The van der Waals surface area contributed by atoms with E-state index in [2.05, 4.69) is 22.5 Å². The summed E-state index contributed by atoms with van der Waals surface area (Å²) in [6.45, 7) is 3.38. The molecule has 0 spiro atoms. The largest absolute Gasteiger partial charge is 0.480 e. The third kappa shape index (κ3) is 7.64. The molecule has 1 fully saturated rings. The number of allylic oxidation sites excluding steroid dienone is 1. The van der Waals surface area contributed by atoms with Crippen molar-refractivity contribution in [3.8, 4) is 0 Å². The number of amides is 2. The lowest BCUT2D eigenvalue weighted by Crippen LogP contribution is -2.51. The molecule has 0 radical (unpaired) electrons. The van der Waals surface area contributed by atoms with Crippen LogP contribution in [0.2, 0.25) is 10.0 Å². The number of carbonyl (C=O) groups excluding carboxylic acids is 3. The number of ketones is 1. The van der Waals surface area contributed by atoms with Crippen molar-refractivity contribution in [1.29, 1.82) is 0 Å². The van der Waals surface area contributed by atoms with Gasteiger partial charge in [0.1, 0.15) is 17.8 Å². The Morgan fingerprint density at radius 3 is 2.58 bits per heavy atom. The number of nitrogens with one attached hydrogen (secondary N) is 3. The Labute approximate surface area is 221 Å². The molecule has 0 bridgehead atoms. The molecule has 2 heterocycles. The summed E-state index contributed by atoms with van der Waals surface area (Å²) in [5, 5.41) is 17.9. The molecule has 36 heavy (non-hydrogen) atoms. The van der Waals surface area contributed by atoms with Crippen LogP contribution in [0.5, 0.6) is 0 Å². The predicted molar refractivity (Wildman–Crippen MR) is 138 cm³/mol. The van der Waals surface area contributed by atoms with Gasteiger partial charge in [-0.25, -0.2) is 4.79 Å². The van der Waals surface area contributed by atoms with Crippen molar-refractivity contribution < 1.29 is 28.7 Å². The molecule has 1 aromatic heterocycles. The van der Waals surface area contributed by atoms with Crippen molar-refractivity contribution >= 4 is 64.6 Å². The Morgan fingerprint density at radius 1 is 1.28 bits per heavy atom. The lowest BCUT2D eigenvalue weighted by atomic mass is 10.0. The molecule has 190 valence electrons. The van der Waals surface area contributed by atoms with Gasteiger partial charge in [0.2, 0.25) is 5.91 Å². The van der Waals surface area contributed by atoms with Crippen LogP contribution in [0.1, 0.15) is 28.1 Å². The number of carboxylic acids is 1. The monoisotopic (exact) mass is 551 g/mol. The lowest BCUT2D eigenvalue weighted by molar-refractivity contribution is -0.139. The van der Waals surface area contributed by atoms with Gasteiger partial charge < -0.3 is 25.5 Å². The van der Waals surface area contributed by atoms with Crippen LogP contribution in [0.3, 0.4) is 0 Å². The molecule has 12 heteroatoms. The molecule has 0 aliphatic carbocycles. The average molecular weight is 552 g/mol. The van der Waals surface area contributed by atoms with Crippen molar-refractivity contribution in [2.24, 2.45) is 0 Å². The Bertz CT molecular complexity index is 1180. The summed E-state index contributed by atoms with van der Waals surface area (Å²) >= 11 is 13.9. The number of hydrogen-bond donors (Lipinski definition) is 4. The summed E-state index contributed by atoms with van der Waals surface area (Å²) in [6, 6.07) is 4.49. The van der Waals surface area contributed by atoms with Crippen molar-refractivity contribution in [3.05, 3.63) is 75.1 Å². The van der Waals surface area contributed by atoms with Gasteiger partial charge in [-0.3, -0.25) is 14.4 Å². The van der Waals surface area contributed by atoms with E-state index in [4.69, 9.17) is 27.6 Å². The number of hydrogen-bond acceptors (Lipinski definition) is 7. The number of carbonyl (C=O) groups is 4. The topological polar surface area (TPSA) is 138 Å². The van der Waals surface area contributed by atoms with E-state index in [-0.39, 0.29) is 34.4 Å². The van der Waals surface area contributed by atoms with Crippen LogP contribution < -0.4 is 16.0 Å². The molecular formula is C24H23Cl2N3O6S. The molecule has 9 nitrogen and oxygen atoms in total. The van der Waals surface area contributed by atoms with Crippen LogP contribution in [-0.4, -0.2) is 53.1 Å². The van der Waals surface area contributed by atoms with E-state index in [1.165, 1.54) is 36.2 Å². The fraction of sp³-hybridized carbons (Fsp3) is 0.250. The molecule has 1 aliphatic rings. The second-order valence-electron chi connectivity index (χ2n) is 7.79. The second-order valence-corrected chi connectivity index (χ2v) is 9.72. The van der Waals surface area contributed by atoms with Crippen LogP contribution in [0.4, 0.5) is 0 Å². The molecule has 3 rings (SSSR count). The molecule has 2 amide bonds. The Balaban J connectivity index is 1.58. The maximum absolute atomic E-state index is 12.8. The van der Waals surface area contributed by atoms with Gasteiger partial charge in [-0.1, -0.05) is 29.8 Å². The van der Waals surface area contributed by atoms with Crippen LogP contribution in [0.25, 0.3) is 6.08 Å². The normalized spacial score (nSPS) is 15.9. The fourth-order valence-corrected chi connectivity index (χ4v) is 4.79. The molecule has 0 saturated carbocycles. The third-order valence-electron chi connectivity index (χ3n) is 5.13. The van der Waals surface area contributed by atoms with E-state index in [0.717, 1.165) is 0 Å².